The lowest BCUT2D eigenvalue weighted by Crippen LogP contribution is -2.04. The zero-order valence-electron chi connectivity index (χ0n) is 9.82. The minimum absolute atomic E-state index is 0.271. The van der Waals surface area contributed by atoms with Crippen LogP contribution in [0.3, 0.4) is 0 Å². The number of unbranched alkanes of at least 4 members (excludes halogenated alkanes) is 5. The van der Waals surface area contributed by atoms with Gasteiger partial charge < -0.3 is 5.11 Å². The smallest absolute Gasteiger partial charge is 0.142 e. The van der Waals surface area contributed by atoms with Gasteiger partial charge >= 0.3 is 0 Å². The van der Waals surface area contributed by atoms with Crippen molar-refractivity contribution >= 4 is 6.29 Å². The molecule has 0 aliphatic heterocycles. The van der Waals surface area contributed by atoms with E-state index in [4.69, 9.17) is 0 Å². The fraction of sp³-hybridized carbons (Fsp3) is 0.769. The van der Waals surface area contributed by atoms with Crippen LogP contribution in [0.5, 0.6) is 0 Å². The first-order chi connectivity index (χ1) is 7.31. The molecule has 2 nitrogen and oxygen atoms in total. The number of carbonyl (C=O) groups is 1. The summed E-state index contributed by atoms with van der Waals surface area (Å²) in [6.45, 7) is 2.21. The van der Waals surface area contributed by atoms with Crippen LogP contribution in [0.2, 0.25) is 0 Å². The van der Waals surface area contributed by atoms with Crippen LogP contribution in [0, 0.1) is 0 Å². The van der Waals surface area contributed by atoms with E-state index < -0.39 is 0 Å². The van der Waals surface area contributed by atoms with Crippen LogP contribution in [0.4, 0.5) is 0 Å². The van der Waals surface area contributed by atoms with Crippen molar-refractivity contribution in [1.82, 2.24) is 0 Å². The summed E-state index contributed by atoms with van der Waals surface area (Å²) in [4.78, 5) is 9.98. The maximum absolute atomic E-state index is 9.98. The molecule has 2 heteroatoms. The van der Waals surface area contributed by atoms with E-state index in [1.807, 2.05) is 0 Å². The molecule has 0 rings (SSSR count). The number of allylic oxidation sites excluding steroid dienone is 1. The summed E-state index contributed by atoms with van der Waals surface area (Å²) < 4.78 is 0. The SMILES string of the molecule is CCCCCCCCC(O)C/C=C/C=O. The Morgan fingerprint density at radius 3 is 2.47 bits per heavy atom. The summed E-state index contributed by atoms with van der Waals surface area (Å²) in [7, 11) is 0. The molecule has 15 heavy (non-hydrogen) atoms. The van der Waals surface area contributed by atoms with E-state index in [-0.39, 0.29) is 6.10 Å². The molecule has 0 aromatic carbocycles. The lowest BCUT2D eigenvalue weighted by molar-refractivity contribution is -0.104. The molecule has 0 fully saturated rings. The van der Waals surface area contributed by atoms with Crippen molar-refractivity contribution in [1.29, 1.82) is 0 Å². The minimum atomic E-state index is -0.271. The van der Waals surface area contributed by atoms with Gasteiger partial charge in [-0.1, -0.05) is 51.5 Å². The van der Waals surface area contributed by atoms with Crippen molar-refractivity contribution in [2.75, 3.05) is 0 Å². The normalized spacial score (nSPS) is 13.2. The van der Waals surface area contributed by atoms with Crippen LogP contribution in [0.15, 0.2) is 12.2 Å². The Morgan fingerprint density at radius 2 is 1.80 bits per heavy atom. The topological polar surface area (TPSA) is 37.3 Å². The Morgan fingerprint density at radius 1 is 1.13 bits per heavy atom. The van der Waals surface area contributed by atoms with Crippen molar-refractivity contribution in [3.8, 4) is 0 Å². The predicted molar refractivity (Wildman–Crippen MR) is 63.8 cm³/mol. The summed E-state index contributed by atoms with van der Waals surface area (Å²) in [5.74, 6) is 0. The monoisotopic (exact) mass is 212 g/mol. The zero-order valence-corrected chi connectivity index (χ0v) is 9.82. The largest absolute Gasteiger partial charge is 0.393 e. The van der Waals surface area contributed by atoms with Gasteiger partial charge in [0.15, 0.2) is 0 Å². The number of aliphatic hydroxyl groups is 1. The van der Waals surface area contributed by atoms with Crippen LogP contribution in [0.25, 0.3) is 0 Å². The molecular formula is C13H24O2. The van der Waals surface area contributed by atoms with E-state index in [9.17, 15) is 9.90 Å². The van der Waals surface area contributed by atoms with Crippen molar-refractivity contribution < 1.29 is 9.90 Å². The van der Waals surface area contributed by atoms with Crippen molar-refractivity contribution in [2.24, 2.45) is 0 Å². The quantitative estimate of drug-likeness (QED) is 0.343. The molecule has 0 heterocycles. The van der Waals surface area contributed by atoms with Crippen LogP contribution in [-0.2, 0) is 4.79 Å². The molecule has 1 atom stereocenters. The molecule has 0 amide bonds. The predicted octanol–water partition coefficient (Wildman–Crippen LogP) is 3.24. The van der Waals surface area contributed by atoms with E-state index in [2.05, 4.69) is 6.92 Å². The van der Waals surface area contributed by atoms with Gasteiger partial charge in [-0.05, 0) is 18.9 Å². The van der Waals surface area contributed by atoms with Gasteiger partial charge in [-0.15, -0.1) is 0 Å². The fourth-order valence-corrected chi connectivity index (χ4v) is 1.57. The molecule has 1 unspecified atom stereocenters. The molecule has 0 bridgehead atoms. The van der Waals surface area contributed by atoms with Crippen LogP contribution >= 0.6 is 0 Å². The third-order valence-corrected chi connectivity index (χ3v) is 2.51. The Bertz CT molecular complexity index is 164. The molecule has 0 aromatic heterocycles. The number of aliphatic hydroxyl groups excluding tert-OH is 1. The maximum atomic E-state index is 9.98. The molecule has 0 spiro atoms. The molecule has 0 saturated carbocycles. The first-order valence-electron chi connectivity index (χ1n) is 6.09. The van der Waals surface area contributed by atoms with Crippen molar-refractivity contribution in [2.45, 2.75) is 64.4 Å². The first kappa shape index (κ1) is 14.4. The van der Waals surface area contributed by atoms with Crippen molar-refractivity contribution in [3.63, 3.8) is 0 Å². The van der Waals surface area contributed by atoms with E-state index in [1.165, 1.54) is 38.2 Å². The fourth-order valence-electron chi connectivity index (χ4n) is 1.57. The van der Waals surface area contributed by atoms with Gasteiger partial charge in [-0.3, -0.25) is 4.79 Å². The van der Waals surface area contributed by atoms with E-state index in [0.29, 0.717) is 6.42 Å². The summed E-state index contributed by atoms with van der Waals surface area (Å²) >= 11 is 0. The number of hydrogen-bond donors (Lipinski definition) is 1. The van der Waals surface area contributed by atoms with Crippen LogP contribution < -0.4 is 0 Å². The highest BCUT2D eigenvalue weighted by Gasteiger charge is 2.00. The summed E-state index contributed by atoms with van der Waals surface area (Å²) in [5, 5.41) is 9.51. The summed E-state index contributed by atoms with van der Waals surface area (Å²) in [6.07, 6.45) is 12.6. The first-order valence-corrected chi connectivity index (χ1v) is 6.09. The molecule has 0 aliphatic carbocycles. The second-order valence-corrected chi connectivity index (χ2v) is 4.01. The van der Waals surface area contributed by atoms with Gasteiger partial charge in [0.05, 0.1) is 6.10 Å². The molecule has 0 aromatic rings. The number of carbonyl (C=O) groups excluding carboxylic acids is 1. The van der Waals surface area contributed by atoms with Gasteiger partial charge in [0, 0.05) is 0 Å². The Balaban J connectivity index is 3.19. The van der Waals surface area contributed by atoms with Crippen molar-refractivity contribution in [3.05, 3.63) is 12.2 Å². The maximum Gasteiger partial charge on any atom is 0.142 e. The highest BCUT2D eigenvalue weighted by Crippen LogP contribution is 2.10. The molecule has 0 radical (unpaired) electrons. The Labute approximate surface area is 93.4 Å². The average molecular weight is 212 g/mol. The Kier molecular flexibility index (Phi) is 11.0. The standard InChI is InChI=1S/C13H24O2/c1-2-3-4-5-6-7-10-13(15)11-8-9-12-14/h8-9,12-13,15H,2-7,10-11H2,1H3/b9-8+. The number of rotatable bonds is 10. The number of hydrogen-bond acceptors (Lipinski definition) is 2. The second kappa shape index (κ2) is 11.4. The second-order valence-electron chi connectivity index (χ2n) is 4.01. The van der Waals surface area contributed by atoms with Gasteiger partial charge in [0.25, 0.3) is 0 Å². The van der Waals surface area contributed by atoms with Gasteiger partial charge in [0.1, 0.15) is 6.29 Å². The minimum Gasteiger partial charge on any atom is -0.393 e. The third-order valence-electron chi connectivity index (χ3n) is 2.51. The number of aldehydes is 1. The summed E-state index contributed by atoms with van der Waals surface area (Å²) in [5.41, 5.74) is 0. The molecule has 1 N–H and O–H groups in total. The van der Waals surface area contributed by atoms with Gasteiger partial charge in [-0.25, -0.2) is 0 Å². The molecule has 88 valence electrons. The molecular weight excluding hydrogens is 188 g/mol. The van der Waals surface area contributed by atoms with Gasteiger partial charge in [-0.2, -0.15) is 0 Å². The van der Waals surface area contributed by atoms with Gasteiger partial charge in [0.2, 0.25) is 0 Å². The van der Waals surface area contributed by atoms with Crippen LogP contribution in [-0.4, -0.2) is 17.5 Å². The zero-order chi connectivity index (χ0) is 11.4. The Hall–Kier alpha value is -0.630. The highest BCUT2D eigenvalue weighted by molar-refractivity contribution is 5.64. The molecule has 0 aliphatic rings. The lowest BCUT2D eigenvalue weighted by Gasteiger charge is -2.07. The van der Waals surface area contributed by atoms with E-state index >= 15 is 0 Å². The lowest BCUT2D eigenvalue weighted by atomic mass is 10.1. The molecule has 0 saturated heterocycles. The van der Waals surface area contributed by atoms with Crippen LogP contribution in [0.1, 0.15) is 58.3 Å². The highest BCUT2D eigenvalue weighted by atomic mass is 16.3. The third kappa shape index (κ3) is 11.3. The van der Waals surface area contributed by atoms with E-state index in [1.54, 1.807) is 6.08 Å². The average Bonchev–Trinajstić information content (AvgIpc) is 2.23. The van der Waals surface area contributed by atoms with E-state index in [0.717, 1.165) is 19.1 Å². The summed E-state index contributed by atoms with van der Waals surface area (Å²) in [6, 6.07) is 0.